The first-order valence-electron chi connectivity index (χ1n) is 8.47. The molecule has 0 aromatic heterocycles. The van der Waals surface area contributed by atoms with Gasteiger partial charge in [-0.1, -0.05) is 18.0 Å². The van der Waals surface area contributed by atoms with Gasteiger partial charge in [-0.05, 0) is 70.2 Å². The zero-order valence-corrected chi connectivity index (χ0v) is 15.7. The normalized spacial score (nSPS) is 18.8. The molecule has 23 heavy (non-hydrogen) atoms. The second-order valence-corrected chi connectivity index (χ2v) is 7.48. The maximum atomic E-state index is 12.2. The molecule has 5 heteroatoms. The number of carbonyl (C=O) groups is 1. The van der Waals surface area contributed by atoms with Gasteiger partial charge in [0.25, 0.3) is 5.91 Å². The Morgan fingerprint density at radius 2 is 2.22 bits per heavy atom. The SMILES string of the molecule is CSc1ccc(Cl)c(C(=O)NCCCCN2CCCCC2C)c1. The summed E-state index contributed by atoms with van der Waals surface area (Å²) in [5.74, 6) is -0.0720. The molecule has 3 nitrogen and oxygen atoms in total. The monoisotopic (exact) mass is 354 g/mol. The third-order valence-corrected chi connectivity index (χ3v) is 5.57. The summed E-state index contributed by atoms with van der Waals surface area (Å²) >= 11 is 7.74. The fourth-order valence-corrected chi connectivity index (χ4v) is 3.68. The largest absolute Gasteiger partial charge is 0.352 e. The number of likely N-dealkylation sites (tertiary alicyclic amines) is 1. The second-order valence-electron chi connectivity index (χ2n) is 6.19. The van der Waals surface area contributed by atoms with E-state index in [1.807, 2.05) is 18.4 Å². The number of hydrogen-bond acceptors (Lipinski definition) is 3. The third kappa shape index (κ3) is 5.70. The van der Waals surface area contributed by atoms with Gasteiger partial charge in [0, 0.05) is 17.5 Å². The van der Waals surface area contributed by atoms with E-state index in [1.54, 1.807) is 17.8 Å². The van der Waals surface area contributed by atoms with E-state index in [9.17, 15) is 4.79 Å². The molecule has 1 saturated heterocycles. The maximum Gasteiger partial charge on any atom is 0.252 e. The van der Waals surface area contributed by atoms with Crippen molar-refractivity contribution in [2.45, 2.75) is 50.0 Å². The minimum atomic E-state index is -0.0720. The van der Waals surface area contributed by atoms with Gasteiger partial charge in [0.2, 0.25) is 0 Å². The molecule has 1 unspecified atom stereocenters. The first-order chi connectivity index (χ1) is 11.1. The van der Waals surface area contributed by atoms with Gasteiger partial charge in [-0.2, -0.15) is 0 Å². The summed E-state index contributed by atoms with van der Waals surface area (Å²) in [4.78, 5) is 15.9. The Labute approximate surface area is 149 Å². The van der Waals surface area contributed by atoms with Gasteiger partial charge in [-0.15, -0.1) is 11.8 Å². The van der Waals surface area contributed by atoms with Crippen molar-refractivity contribution in [2.75, 3.05) is 25.9 Å². The Bertz CT molecular complexity index is 524. The van der Waals surface area contributed by atoms with Crippen molar-refractivity contribution in [3.63, 3.8) is 0 Å². The molecule has 128 valence electrons. The number of nitrogens with zero attached hydrogens (tertiary/aromatic N) is 1. The Morgan fingerprint density at radius 3 is 2.96 bits per heavy atom. The van der Waals surface area contributed by atoms with E-state index in [4.69, 9.17) is 11.6 Å². The first-order valence-corrected chi connectivity index (χ1v) is 10.1. The molecule has 0 saturated carbocycles. The molecule has 1 aromatic carbocycles. The minimum Gasteiger partial charge on any atom is -0.352 e. The van der Waals surface area contributed by atoms with Gasteiger partial charge in [0.05, 0.1) is 10.6 Å². The Morgan fingerprint density at radius 1 is 1.39 bits per heavy atom. The van der Waals surface area contributed by atoms with Crippen molar-refractivity contribution >= 4 is 29.3 Å². The van der Waals surface area contributed by atoms with Crippen LogP contribution in [0.5, 0.6) is 0 Å². The smallest absolute Gasteiger partial charge is 0.252 e. The molecule has 1 aliphatic heterocycles. The predicted molar refractivity (Wildman–Crippen MR) is 99.7 cm³/mol. The molecule has 0 aliphatic carbocycles. The van der Waals surface area contributed by atoms with E-state index in [0.717, 1.165) is 24.3 Å². The summed E-state index contributed by atoms with van der Waals surface area (Å²) in [7, 11) is 0. The molecule has 1 heterocycles. The molecule has 0 radical (unpaired) electrons. The van der Waals surface area contributed by atoms with Crippen LogP contribution in [0.4, 0.5) is 0 Å². The summed E-state index contributed by atoms with van der Waals surface area (Å²) in [6, 6.07) is 6.30. The maximum absolute atomic E-state index is 12.2. The number of nitrogens with one attached hydrogen (secondary N) is 1. The Hall–Kier alpha value is -0.710. The second kappa shape index (κ2) is 9.55. The molecule has 2 rings (SSSR count). The molecular formula is C18H27ClN2OS. The zero-order chi connectivity index (χ0) is 16.7. The van der Waals surface area contributed by atoms with E-state index >= 15 is 0 Å². The van der Waals surface area contributed by atoms with E-state index < -0.39 is 0 Å². The van der Waals surface area contributed by atoms with Gasteiger partial charge in [-0.3, -0.25) is 4.79 Å². The highest BCUT2D eigenvalue weighted by Gasteiger charge is 2.17. The Balaban J connectivity index is 1.70. The molecular weight excluding hydrogens is 328 g/mol. The summed E-state index contributed by atoms with van der Waals surface area (Å²) in [6.07, 6.45) is 8.14. The summed E-state index contributed by atoms with van der Waals surface area (Å²) in [5, 5.41) is 3.51. The summed E-state index contributed by atoms with van der Waals surface area (Å²) in [6.45, 7) is 5.40. The number of thioether (sulfide) groups is 1. The van der Waals surface area contributed by atoms with Crippen LogP contribution in [0, 0.1) is 0 Å². The standard InChI is InChI=1S/C18H27ClN2OS/c1-14-7-3-5-11-21(14)12-6-4-10-20-18(22)16-13-15(23-2)8-9-17(16)19/h8-9,13-14H,3-7,10-12H2,1-2H3,(H,20,22). The number of rotatable bonds is 7. The Kier molecular flexibility index (Phi) is 7.74. The van der Waals surface area contributed by atoms with Crippen molar-refractivity contribution < 1.29 is 4.79 Å². The molecule has 1 fully saturated rings. The highest BCUT2D eigenvalue weighted by Crippen LogP contribution is 2.23. The van der Waals surface area contributed by atoms with Crippen molar-refractivity contribution in [1.29, 1.82) is 0 Å². The number of unbranched alkanes of at least 4 members (excludes halogenated alkanes) is 1. The zero-order valence-electron chi connectivity index (χ0n) is 14.1. The van der Waals surface area contributed by atoms with Crippen LogP contribution in [0.25, 0.3) is 0 Å². The lowest BCUT2D eigenvalue weighted by Crippen LogP contribution is -2.38. The van der Waals surface area contributed by atoms with Crippen LogP contribution >= 0.6 is 23.4 Å². The third-order valence-electron chi connectivity index (χ3n) is 4.52. The fourth-order valence-electron chi connectivity index (χ4n) is 3.03. The van der Waals surface area contributed by atoms with E-state index in [2.05, 4.69) is 17.1 Å². The van der Waals surface area contributed by atoms with Crippen molar-refractivity contribution in [3.8, 4) is 0 Å². The lowest BCUT2D eigenvalue weighted by molar-refractivity contribution is 0.0951. The molecule has 1 atom stereocenters. The van der Waals surface area contributed by atoms with Crippen LogP contribution in [0.1, 0.15) is 49.4 Å². The highest BCUT2D eigenvalue weighted by atomic mass is 35.5. The van der Waals surface area contributed by atoms with E-state index in [0.29, 0.717) is 23.2 Å². The fraction of sp³-hybridized carbons (Fsp3) is 0.611. The van der Waals surface area contributed by atoms with Gasteiger partial charge in [0.15, 0.2) is 0 Å². The van der Waals surface area contributed by atoms with Crippen LogP contribution in [-0.2, 0) is 0 Å². The van der Waals surface area contributed by atoms with Crippen molar-refractivity contribution in [3.05, 3.63) is 28.8 Å². The molecule has 0 spiro atoms. The van der Waals surface area contributed by atoms with Crippen LogP contribution in [0.2, 0.25) is 5.02 Å². The molecule has 1 aliphatic rings. The number of amides is 1. The van der Waals surface area contributed by atoms with Crippen LogP contribution in [0.3, 0.4) is 0 Å². The molecule has 1 N–H and O–H groups in total. The highest BCUT2D eigenvalue weighted by molar-refractivity contribution is 7.98. The van der Waals surface area contributed by atoms with Gasteiger partial charge in [-0.25, -0.2) is 0 Å². The molecule has 0 bridgehead atoms. The summed E-state index contributed by atoms with van der Waals surface area (Å²) in [5.41, 5.74) is 0.572. The van der Waals surface area contributed by atoms with Crippen molar-refractivity contribution in [2.24, 2.45) is 0 Å². The topological polar surface area (TPSA) is 32.3 Å². The lowest BCUT2D eigenvalue weighted by atomic mass is 10.0. The van der Waals surface area contributed by atoms with Crippen LogP contribution in [-0.4, -0.2) is 42.7 Å². The van der Waals surface area contributed by atoms with Crippen molar-refractivity contribution in [1.82, 2.24) is 10.2 Å². The van der Waals surface area contributed by atoms with Gasteiger partial charge < -0.3 is 10.2 Å². The minimum absolute atomic E-state index is 0.0720. The number of benzene rings is 1. The number of piperidine rings is 1. The van der Waals surface area contributed by atoms with Crippen LogP contribution in [0.15, 0.2) is 23.1 Å². The first kappa shape index (κ1) is 18.6. The van der Waals surface area contributed by atoms with E-state index in [-0.39, 0.29) is 5.91 Å². The lowest BCUT2D eigenvalue weighted by Gasteiger charge is -2.33. The summed E-state index contributed by atoms with van der Waals surface area (Å²) < 4.78 is 0. The molecule has 1 amide bonds. The average molecular weight is 355 g/mol. The number of hydrogen-bond donors (Lipinski definition) is 1. The number of halogens is 1. The van der Waals surface area contributed by atoms with Gasteiger partial charge in [0.1, 0.15) is 0 Å². The van der Waals surface area contributed by atoms with E-state index in [1.165, 1.54) is 25.8 Å². The number of carbonyl (C=O) groups excluding carboxylic acids is 1. The quantitative estimate of drug-likeness (QED) is 0.580. The molecule has 1 aromatic rings. The van der Waals surface area contributed by atoms with Gasteiger partial charge >= 0.3 is 0 Å². The predicted octanol–water partition coefficient (Wildman–Crippen LogP) is 4.45. The van der Waals surface area contributed by atoms with Crippen LogP contribution < -0.4 is 5.32 Å². The average Bonchev–Trinajstić information content (AvgIpc) is 2.56.